The molecule has 0 aromatic heterocycles. The molecule has 3 atom stereocenters. The highest BCUT2D eigenvalue weighted by atomic mass is 16.7. The lowest BCUT2D eigenvalue weighted by atomic mass is 9.73. The van der Waals surface area contributed by atoms with Gasteiger partial charge in [0.2, 0.25) is 11.9 Å². The van der Waals surface area contributed by atoms with E-state index < -0.39 is 17.9 Å². The van der Waals surface area contributed by atoms with Crippen molar-refractivity contribution in [2.75, 3.05) is 7.11 Å². The number of carbonyl (C=O) groups is 1. The maximum Gasteiger partial charge on any atom is 0.343 e. The van der Waals surface area contributed by atoms with Crippen molar-refractivity contribution in [2.24, 2.45) is 0 Å². The summed E-state index contributed by atoms with van der Waals surface area (Å²) in [6, 6.07) is 17.2. The number of para-hydroxylation sites is 1. The van der Waals surface area contributed by atoms with Crippen molar-refractivity contribution in [1.29, 1.82) is 0 Å². The lowest BCUT2D eigenvalue weighted by molar-refractivity contribution is -0.289. The molecule has 0 bridgehead atoms. The molecule has 1 saturated heterocycles. The molecule has 4 nitrogen and oxygen atoms in total. The van der Waals surface area contributed by atoms with Crippen molar-refractivity contribution in [3.63, 3.8) is 0 Å². The second-order valence-electron chi connectivity index (χ2n) is 5.21. The van der Waals surface area contributed by atoms with Gasteiger partial charge in [-0.1, -0.05) is 48.5 Å². The Bertz CT molecular complexity index is 697. The number of esters is 1. The maximum atomic E-state index is 12.5. The average Bonchev–Trinajstić information content (AvgIpc) is 2.82. The molecular formula is C17H14O4. The average molecular weight is 282 g/mol. The van der Waals surface area contributed by atoms with Gasteiger partial charge in [-0.25, -0.2) is 4.79 Å². The van der Waals surface area contributed by atoms with E-state index in [1.807, 2.05) is 54.6 Å². The highest BCUT2D eigenvalue weighted by molar-refractivity contribution is 5.85. The minimum atomic E-state index is -1.12. The van der Waals surface area contributed by atoms with E-state index in [0.717, 1.165) is 16.9 Å². The summed E-state index contributed by atoms with van der Waals surface area (Å²) < 4.78 is 16.6. The highest BCUT2D eigenvalue weighted by Crippen LogP contribution is 2.59. The first-order chi connectivity index (χ1) is 10.3. The molecular weight excluding hydrogens is 268 g/mol. The third-order valence-corrected chi connectivity index (χ3v) is 4.20. The molecule has 106 valence electrons. The Morgan fingerprint density at radius 1 is 1.10 bits per heavy atom. The molecule has 0 saturated carbocycles. The fraction of sp³-hybridized carbons (Fsp3) is 0.235. The van der Waals surface area contributed by atoms with Gasteiger partial charge in [0, 0.05) is 5.56 Å². The summed E-state index contributed by atoms with van der Waals surface area (Å²) in [6.45, 7) is 0. The Kier molecular flexibility index (Phi) is 2.56. The van der Waals surface area contributed by atoms with Crippen molar-refractivity contribution >= 4 is 5.97 Å². The number of fused-ring (bicyclic) bond motifs is 3. The molecule has 21 heavy (non-hydrogen) atoms. The molecule has 1 fully saturated rings. The molecule has 2 heterocycles. The smallest absolute Gasteiger partial charge is 0.343 e. The topological polar surface area (TPSA) is 44.8 Å². The summed E-state index contributed by atoms with van der Waals surface area (Å²) in [5, 5.41) is 0. The van der Waals surface area contributed by atoms with E-state index in [1.165, 1.54) is 7.11 Å². The number of rotatable bonds is 2. The van der Waals surface area contributed by atoms with Crippen LogP contribution in [0.1, 0.15) is 17.0 Å². The first-order valence-corrected chi connectivity index (χ1v) is 6.84. The fourth-order valence-corrected chi connectivity index (χ4v) is 3.25. The largest absolute Gasteiger partial charge is 0.467 e. The van der Waals surface area contributed by atoms with Gasteiger partial charge in [-0.05, 0) is 11.6 Å². The normalized spacial score (nSPS) is 28.8. The number of hydrogen-bond donors (Lipinski definition) is 0. The zero-order valence-electron chi connectivity index (χ0n) is 11.5. The Morgan fingerprint density at radius 3 is 2.57 bits per heavy atom. The van der Waals surface area contributed by atoms with Gasteiger partial charge < -0.3 is 14.2 Å². The molecule has 0 aliphatic carbocycles. The van der Waals surface area contributed by atoms with Crippen LogP contribution in [-0.2, 0) is 19.9 Å². The molecule has 0 amide bonds. The number of benzene rings is 2. The highest BCUT2D eigenvalue weighted by Gasteiger charge is 2.67. The summed E-state index contributed by atoms with van der Waals surface area (Å²) in [5.41, 5.74) is 0.661. The van der Waals surface area contributed by atoms with Crippen LogP contribution in [0, 0.1) is 0 Å². The Morgan fingerprint density at radius 2 is 1.81 bits per heavy atom. The van der Waals surface area contributed by atoms with E-state index in [9.17, 15) is 4.79 Å². The molecule has 2 aliphatic rings. The van der Waals surface area contributed by atoms with Gasteiger partial charge in [-0.2, -0.15) is 0 Å². The summed E-state index contributed by atoms with van der Waals surface area (Å²) in [7, 11) is 1.38. The van der Waals surface area contributed by atoms with Crippen molar-refractivity contribution in [3.8, 4) is 5.75 Å². The van der Waals surface area contributed by atoms with E-state index in [4.69, 9.17) is 14.2 Å². The number of carbonyl (C=O) groups excluding carboxylic acids is 1. The first-order valence-electron chi connectivity index (χ1n) is 6.84. The van der Waals surface area contributed by atoms with Gasteiger partial charge in [-0.15, -0.1) is 0 Å². The van der Waals surface area contributed by atoms with Gasteiger partial charge in [0.25, 0.3) is 0 Å². The summed E-state index contributed by atoms with van der Waals surface area (Å²) in [5.74, 6) is 0.202. The second-order valence-corrected chi connectivity index (χ2v) is 5.21. The molecule has 4 heteroatoms. The monoisotopic (exact) mass is 282 g/mol. The standard InChI is InChI=1S/C17H14O4/c1-19-16(18)17(11-7-3-2-4-8-11)14-12-9-5-6-10-13(12)20-15(14)21-17/h2-10,14-15H,1H3/t14-,15-,17-/m1/s1. The van der Waals surface area contributed by atoms with Crippen LogP contribution in [-0.4, -0.2) is 19.4 Å². The predicted octanol–water partition coefficient (Wildman–Crippen LogP) is 2.59. The summed E-state index contributed by atoms with van der Waals surface area (Å²) in [4.78, 5) is 12.5. The minimum Gasteiger partial charge on any atom is -0.467 e. The lowest BCUT2D eigenvalue weighted by Crippen LogP contribution is -2.60. The van der Waals surface area contributed by atoms with Crippen molar-refractivity contribution in [2.45, 2.75) is 17.8 Å². The van der Waals surface area contributed by atoms with Crippen molar-refractivity contribution < 1.29 is 19.0 Å². The van der Waals surface area contributed by atoms with E-state index in [2.05, 4.69) is 0 Å². The van der Waals surface area contributed by atoms with Crippen LogP contribution in [0.25, 0.3) is 0 Å². The van der Waals surface area contributed by atoms with Crippen molar-refractivity contribution in [1.82, 2.24) is 0 Å². The summed E-state index contributed by atoms with van der Waals surface area (Å²) in [6.07, 6.45) is -0.429. The molecule has 2 aromatic carbocycles. The summed E-state index contributed by atoms with van der Waals surface area (Å²) >= 11 is 0. The molecule has 0 radical (unpaired) electrons. The number of methoxy groups -OCH3 is 1. The Balaban J connectivity index is 1.86. The second kappa shape index (κ2) is 4.33. The zero-order chi connectivity index (χ0) is 14.4. The van der Waals surface area contributed by atoms with Crippen LogP contribution in [0.3, 0.4) is 0 Å². The van der Waals surface area contributed by atoms with Crippen LogP contribution in [0.2, 0.25) is 0 Å². The Hall–Kier alpha value is -2.33. The third-order valence-electron chi connectivity index (χ3n) is 4.20. The van der Waals surface area contributed by atoms with E-state index in [0.29, 0.717) is 0 Å². The van der Waals surface area contributed by atoms with Gasteiger partial charge >= 0.3 is 5.97 Å². The molecule has 2 aliphatic heterocycles. The van der Waals surface area contributed by atoms with Crippen LogP contribution >= 0.6 is 0 Å². The van der Waals surface area contributed by atoms with Gasteiger partial charge in [0.1, 0.15) is 5.75 Å². The lowest BCUT2D eigenvalue weighted by Gasteiger charge is -2.48. The molecule has 2 aromatic rings. The fourth-order valence-electron chi connectivity index (χ4n) is 3.25. The quantitative estimate of drug-likeness (QED) is 0.794. The number of ether oxygens (including phenoxy) is 3. The van der Waals surface area contributed by atoms with Gasteiger partial charge in [-0.3, -0.25) is 0 Å². The first kappa shape index (κ1) is 12.4. The van der Waals surface area contributed by atoms with Crippen molar-refractivity contribution in [3.05, 3.63) is 65.7 Å². The molecule has 4 rings (SSSR count). The molecule has 0 spiro atoms. The Labute approximate surface area is 122 Å². The van der Waals surface area contributed by atoms with Crippen LogP contribution in [0.5, 0.6) is 5.75 Å². The maximum absolute atomic E-state index is 12.5. The van der Waals surface area contributed by atoms with Crippen LogP contribution < -0.4 is 4.74 Å². The third kappa shape index (κ3) is 1.51. The SMILES string of the molecule is COC(=O)[C@]1(c2ccccc2)O[C@H]2Oc3ccccc3[C@H]21. The molecule has 0 N–H and O–H groups in total. The van der Waals surface area contributed by atoms with Gasteiger partial charge in [0.15, 0.2) is 0 Å². The molecule has 0 unspecified atom stereocenters. The minimum absolute atomic E-state index is 0.177. The predicted molar refractivity (Wildman–Crippen MR) is 74.8 cm³/mol. The van der Waals surface area contributed by atoms with E-state index in [1.54, 1.807) is 0 Å². The van der Waals surface area contributed by atoms with Crippen LogP contribution in [0.15, 0.2) is 54.6 Å². The van der Waals surface area contributed by atoms with Crippen LogP contribution in [0.4, 0.5) is 0 Å². The van der Waals surface area contributed by atoms with Gasteiger partial charge in [0.05, 0.1) is 13.0 Å². The zero-order valence-corrected chi connectivity index (χ0v) is 11.5. The number of hydrogen-bond acceptors (Lipinski definition) is 4. The van der Waals surface area contributed by atoms with E-state index >= 15 is 0 Å². The van der Waals surface area contributed by atoms with E-state index in [-0.39, 0.29) is 5.92 Å².